The Hall–Kier alpha value is -4.14. The monoisotopic (exact) mass is 483 g/mol. The number of hydrogen-bond acceptors (Lipinski definition) is 4. The Balaban J connectivity index is 1.33. The molecule has 1 aliphatic carbocycles. The van der Waals surface area contributed by atoms with Crippen LogP contribution in [0.15, 0.2) is 71.5 Å². The first-order valence-electron chi connectivity index (χ1n) is 10.7. The summed E-state index contributed by atoms with van der Waals surface area (Å²) < 4.78 is 59.9. The van der Waals surface area contributed by atoms with Crippen LogP contribution in [-0.4, -0.2) is 17.1 Å². The number of nitrogens with one attached hydrogen (secondary N) is 1. The molecule has 3 aromatic carbocycles. The number of carbonyl (C=O) groups excluding carboxylic acids is 1. The first-order chi connectivity index (χ1) is 16.7. The predicted octanol–water partition coefficient (Wildman–Crippen LogP) is 6.27. The summed E-state index contributed by atoms with van der Waals surface area (Å²) in [6.45, 7) is 0. The topological polar surface area (TPSA) is 68.4 Å². The van der Waals surface area contributed by atoms with E-state index in [4.69, 9.17) is 4.74 Å². The molecule has 0 saturated heterocycles. The van der Waals surface area contributed by atoms with E-state index in [0.717, 1.165) is 23.8 Å². The zero-order chi connectivity index (χ0) is 24.7. The van der Waals surface area contributed by atoms with E-state index in [1.807, 2.05) is 0 Å². The van der Waals surface area contributed by atoms with Crippen LogP contribution in [0.3, 0.4) is 0 Å². The van der Waals surface area contributed by atoms with Gasteiger partial charge in [0, 0.05) is 23.0 Å². The molecule has 0 bridgehead atoms. The van der Waals surface area contributed by atoms with Crippen LogP contribution in [-0.2, 0) is 6.42 Å². The molecular weight excluding hydrogens is 466 g/mol. The van der Waals surface area contributed by atoms with Crippen LogP contribution in [0.1, 0.15) is 34.0 Å². The van der Waals surface area contributed by atoms with Crippen molar-refractivity contribution in [3.63, 3.8) is 0 Å². The number of alkyl halides is 3. The van der Waals surface area contributed by atoms with Crippen molar-refractivity contribution in [1.29, 1.82) is 0 Å². The molecule has 1 atom stereocenters. The smallest absolute Gasteiger partial charge is 0.457 e. The van der Waals surface area contributed by atoms with Gasteiger partial charge in [-0.25, -0.2) is 4.39 Å². The Morgan fingerprint density at radius 1 is 0.829 bits per heavy atom. The van der Waals surface area contributed by atoms with Gasteiger partial charge in [0.05, 0.1) is 5.56 Å². The lowest BCUT2D eigenvalue weighted by Crippen LogP contribution is -2.27. The maximum Gasteiger partial charge on any atom is 0.573 e. The summed E-state index contributed by atoms with van der Waals surface area (Å²) in [5, 5.41) is 0.148. The van der Waals surface area contributed by atoms with Gasteiger partial charge in [0.2, 0.25) is 5.43 Å². The van der Waals surface area contributed by atoms with Crippen LogP contribution in [0.4, 0.5) is 17.6 Å². The third-order valence-corrected chi connectivity index (χ3v) is 5.85. The summed E-state index contributed by atoms with van der Waals surface area (Å²) in [6.07, 6.45) is -4.19. The van der Waals surface area contributed by atoms with Crippen LogP contribution < -0.4 is 14.9 Å². The molecule has 0 saturated carbocycles. The average Bonchev–Trinajstić information content (AvgIpc) is 2.80. The number of Topliss-reactive ketones (excluding diaryl/α,β-unsaturated/α-hetero) is 1. The normalized spacial score (nSPS) is 15.7. The molecule has 1 aromatic heterocycles. The standard InChI is InChI=1S/C26H17F4NO4/c27-16-3-10-21-20(13-16)25(33)24-22(31-21)11-15(12-23(24)32)14-1-4-17(5-2-14)34-18-6-8-19(9-7-18)35-26(28,29)30/h1-10,13,15H,11-12H2,(H,31,33). The minimum Gasteiger partial charge on any atom is -0.457 e. The molecule has 1 unspecified atom stereocenters. The number of hydrogen-bond donors (Lipinski definition) is 1. The number of carbonyl (C=O) groups is 1. The van der Waals surface area contributed by atoms with E-state index in [-0.39, 0.29) is 34.8 Å². The molecule has 0 fully saturated rings. The van der Waals surface area contributed by atoms with Gasteiger partial charge in [0.25, 0.3) is 0 Å². The van der Waals surface area contributed by atoms with Crippen molar-refractivity contribution >= 4 is 16.7 Å². The van der Waals surface area contributed by atoms with Crippen LogP contribution in [0.25, 0.3) is 10.9 Å². The molecule has 0 amide bonds. The summed E-state index contributed by atoms with van der Waals surface area (Å²) in [5.74, 6) is -0.575. The first kappa shape index (κ1) is 22.6. The molecule has 0 aliphatic heterocycles. The molecule has 0 spiro atoms. The number of benzene rings is 3. The highest BCUT2D eigenvalue weighted by Crippen LogP contribution is 2.33. The van der Waals surface area contributed by atoms with E-state index in [0.29, 0.717) is 29.1 Å². The van der Waals surface area contributed by atoms with Crippen molar-refractivity contribution in [2.45, 2.75) is 25.1 Å². The molecule has 1 N–H and O–H groups in total. The molecule has 4 aromatic rings. The van der Waals surface area contributed by atoms with E-state index >= 15 is 0 Å². The summed E-state index contributed by atoms with van der Waals surface area (Å²) in [5.41, 5.74) is 1.48. The van der Waals surface area contributed by atoms with Crippen molar-refractivity contribution in [3.05, 3.63) is 99.6 Å². The lowest BCUT2D eigenvalue weighted by Gasteiger charge is -2.24. The number of fused-ring (bicyclic) bond motifs is 2. The average molecular weight is 483 g/mol. The van der Waals surface area contributed by atoms with Crippen molar-refractivity contribution in [2.24, 2.45) is 0 Å². The number of halogens is 4. The van der Waals surface area contributed by atoms with Gasteiger partial charge >= 0.3 is 6.36 Å². The molecule has 5 nitrogen and oxygen atoms in total. The van der Waals surface area contributed by atoms with E-state index in [2.05, 4.69) is 9.72 Å². The van der Waals surface area contributed by atoms with Gasteiger partial charge in [-0.05, 0) is 72.5 Å². The van der Waals surface area contributed by atoms with Crippen LogP contribution in [0, 0.1) is 5.82 Å². The fourth-order valence-corrected chi connectivity index (χ4v) is 4.29. The van der Waals surface area contributed by atoms with Gasteiger partial charge < -0.3 is 14.5 Å². The molecule has 5 rings (SSSR count). The molecule has 0 radical (unpaired) electrons. The Labute approximate surface area is 195 Å². The van der Waals surface area contributed by atoms with Gasteiger partial charge in [-0.1, -0.05) is 12.1 Å². The number of ether oxygens (including phenoxy) is 2. The maximum atomic E-state index is 13.6. The van der Waals surface area contributed by atoms with E-state index in [1.54, 1.807) is 24.3 Å². The molecular formula is C26H17F4NO4. The van der Waals surface area contributed by atoms with Crippen molar-refractivity contribution in [3.8, 4) is 17.2 Å². The Morgan fingerprint density at radius 3 is 2.11 bits per heavy atom. The van der Waals surface area contributed by atoms with E-state index < -0.39 is 17.6 Å². The zero-order valence-corrected chi connectivity index (χ0v) is 18.0. The third kappa shape index (κ3) is 4.75. The Kier molecular flexibility index (Phi) is 5.55. The van der Waals surface area contributed by atoms with Crippen LogP contribution in [0.2, 0.25) is 0 Å². The molecule has 1 aliphatic rings. The van der Waals surface area contributed by atoms with Crippen LogP contribution in [0.5, 0.6) is 17.2 Å². The molecule has 1 heterocycles. The fraction of sp³-hybridized carbons (Fsp3) is 0.154. The van der Waals surface area contributed by atoms with Gasteiger partial charge in [0.15, 0.2) is 5.78 Å². The third-order valence-electron chi connectivity index (χ3n) is 5.85. The largest absolute Gasteiger partial charge is 0.573 e. The quantitative estimate of drug-likeness (QED) is 0.348. The highest BCUT2D eigenvalue weighted by atomic mass is 19.4. The van der Waals surface area contributed by atoms with Crippen molar-refractivity contribution in [2.75, 3.05) is 0 Å². The number of H-pyrrole nitrogens is 1. The first-order valence-corrected chi connectivity index (χ1v) is 10.7. The van der Waals surface area contributed by atoms with Crippen LogP contribution >= 0.6 is 0 Å². The van der Waals surface area contributed by atoms with E-state index in [1.165, 1.54) is 24.3 Å². The summed E-state index contributed by atoms with van der Waals surface area (Å²) >= 11 is 0. The Bertz CT molecular complexity index is 1480. The minimum absolute atomic E-state index is 0.0808. The fourth-order valence-electron chi connectivity index (χ4n) is 4.29. The van der Waals surface area contributed by atoms with Crippen molar-refractivity contribution < 1.29 is 31.8 Å². The lowest BCUT2D eigenvalue weighted by molar-refractivity contribution is -0.274. The maximum absolute atomic E-state index is 13.6. The number of ketones is 1. The summed E-state index contributed by atoms with van der Waals surface area (Å²) in [6, 6.07) is 15.9. The second-order valence-electron chi connectivity index (χ2n) is 8.22. The SMILES string of the molecule is O=C1CC(c2ccc(Oc3ccc(OC(F)(F)F)cc3)cc2)Cc2[nH]c3ccc(F)cc3c(=O)c21. The second-order valence-corrected chi connectivity index (χ2v) is 8.22. The van der Waals surface area contributed by atoms with Crippen molar-refractivity contribution in [1.82, 2.24) is 4.98 Å². The van der Waals surface area contributed by atoms with Gasteiger partial charge in [0.1, 0.15) is 23.1 Å². The molecule has 35 heavy (non-hydrogen) atoms. The lowest BCUT2D eigenvalue weighted by atomic mass is 9.81. The van der Waals surface area contributed by atoms with Gasteiger partial charge in [-0.3, -0.25) is 9.59 Å². The Morgan fingerprint density at radius 2 is 1.46 bits per heavy atom. The molecule has 9 heteroatoms. The number of aromatic amines is 1. The van der Waals surface area contributed by atoms with Gasteiger partial charge in [-0.2, -0.15) is 0 Å². The second kappa shape index (κ2) is 8.57. The number of rotatable bonds is 4. The minimum atomic E-state index is -4.77. The number of pyridine rings is 1. The van der Waals surface area contributed by atoms with Gasteiger partial charge in [-0.15, -0.1) is 13.2 Å². The summed E-state index contributed by atoms with van der Waals surface area (Å²) in [7, 11) is 0. The zero-order valence-electron chi connectivity index (χ0n) is 18.0. The summed E-state index contributed by atoms with van der Waals surface area (Å²) in [4.78, 5) is 28.7. The van der Waals surface area contributed by atoms with E-state index in [9.17, 15) is 27.2 Å². The highest BCUT2D eigenvalue weighted by Gasteiger charge is 2.31. The number of aromatic nitrogens is 1. The highest BCUT2D eigenvalue weighted by molar-refractivity contribution is 6.01. The molecule has 178 valence electrons. The predicted molar refractivity (Wildman–Crippen MR) is 120 cm³/mol.